The molecule has 172 valence electrons. The summed E-state index contributed by atoms with van der Waals surface area (Å²) in [6.07, 6.45) is 5.46. The minimum atomic E-state index is -0.285. The predicted octanol–water partition coefficient (Wildman–Crippen LogP) is 3.92. The average Bonchev–Trinajstić information content (AvgIpc) is 2.77. The number of hydrogen-bond acceptors (Lipinski definition) is 5. The van der Waals surface area contributed by atoms with Crippen molar-refractivity contribution >= 4 is 29.2 Å². The molecule has 0 bridgehead atoms. The molecule has 1 aliphatic carbocycles. The Morgan fingerprint density at radius 2 is 1.91 bits per heavy atom. The first kappa shape index (κ1) is 24.0. The molecule has 0 aliphatic heterocycles. The first-order chi connectivity index (χ1) is 15.4. The standard InChI is InChI=1S/C24H31ClN4O3/c1-4-32-21-7-5-6-19(24(31)27-17-9-11-18(12-10-17)29(2)3)20(21)14-23(30)28-22-13-8-16(25)15-26-22/h5-8,13,15,17-18H,4,9-12,14H2,1-3H3,(H,27,31)(H,26,28,30). The summed E-state index contributed by atoms with van der Waals surface area (Å²) >= 11 is 5.85. The number of ether oxygens (including phenoxy) is 1. The van der Waals surface area contributed by atoms with Gasteiger partial charge in [-0.2, -0.15) is 0 Å². The van der Waals surface area contributed by atoms with Gasteiger partial charge in [0, 0.05) is 29.4 Å². The molecule has 1 aromatic heterocycles. The number of anilines is 1. The van der Waals surface area contributed by atoms with Crippen LogP contribution in [-0.4, -0.2) is 54.5 Å². The van der Waals surface area contributed by atoms with Crippen LogP contribution in [0.5, 0.6) is 5.75 Å². The van der Waals surface area contributed by atoms with E-state index in [-0.39, 0.29) is 24.3 Å². The number of hydrogen-bond donors (Lipinski definition) is 2. The second kappa shape index (κ2) is 11.3. The highest BCUT2D eigenvalue weighted by Crippen LogP contribution is 2.26. The second-order valence-electron chi connectivity index (χ2n) is 8.24. The van der Waals surface area contributed by atoms with Crippen LogP contribution in [0.25, 0.3) is 0 Å². The maximum absolute atomic E-state index is 13.1. The molecular weight excluding hydrogens is 428 g/mol. The molecule has 0 atom stereocenters. The van der Waals surface area contributed by atoms with Crippen molar-refractivity contribution in [1.29, 1.82) is 0 Å². The summed E-state index contributed by atoms with van der Waals surface area (Å²) in [4.78, 5) is 32.2. The van der Waals surface area contributed by atoms with Crippen molar-refractivity contribution in [3.63, 3.8) is 0 Å². The fourth-order valence-electron chi connectivity index (χ4n) is 4.05. The van der Waals surface area contributed by atoms with Crippen LogP contribution >= 0.6 is 11.6 Å². The van der Waals surface area contributed by atoms with E-state index in [2.05, 4.69) is 34.6 Å². The Labute approximate surface area is 194 Å². The lowest BCUT2D eigenvalue weighted by atomic mass is 9.90. The van der Waals surface area contributed by atoms with Crippen molar-refractivity contribution in [3.05, 3.63) is 52.7 Å². The Balaban J connectivity index is 1.72. The smallest absolute Gasteiger partial charge is 0.251 e. The third-order valence-corrected chi connectivity index (χ3v) is 6.00. The number of nitrogens with zero attached hydrogens (tertiary/aromatic N) is 2. The minimum Gasteiger partial charge on any atom is -0.494 e. The van der Waals surface area contributed by atoms with Crippen LogP contribution < -0.4 is 15.4 Å². The van der Waals surface area contributed by atoms with E-state index in [0.717, 1.165) is 25.7 Å². The SMILES string of the molecule is CCOc1cccc(C(=O)NC2CCC(N(C)C)CC2)c1CC(=O)Nc1ccc(Cl)cn1. The van der Waals surface area contributed by atoms with Crippen LogP contribution in [0.4, 0.5) is 5.82 Å². The number of carbonyl (C=O) groups excluding carboxylic acids is 2. The van der Waals surface area contributed by atoms with Gasteiger partial charge in [-0.1, -0.05) is 17.7 Å². The van der Waals surface area contributed by atoms with Gasteiger partial charge in [0.2, 0.25) is 5.91 Å². The lowest BCUT2D eigenvalue weighted by Crippen LogP contribution is -2.42. The molecule has 7 nitrogen and oxygen atoms in total. The number of amides is 2. The van der Waals surface area contributed by atoms with Crippen molar-refractivity contribution in [2.75, 3.05) is 26.0 Å². The number of aromatic nitrogens is 1. The molecule has 1 heterocycles. The number of pyridine rings is 1. The largest absolute Gasteiger partial charge is 0.494 e. The van der Waals surface area contributed by atoms with E-state index < -0.39 is 0 Å². The molecule has 2 amide bonds. The summed E-state index contributed by atoms with van der Waals surface area (Å²) in [7, 11) is 4.19. The molecule has 2 N–H and O–H groups in total. The Morgan fingerprint density at radius 3 is 2.53 bits per heavy atom. The van der Waals surface area contributed by atoms with Crippen molar-refractivity contribution in [1.82, 2.24) is 15.2 Å². The van der Waals surface area contributed by atoms with Crippen LogP contribution in [0, 0.1) is 0 Å². The monoisotopic (exact) mass is 458 g/mol. The molecule has 8 heteroatoms. The first-order valence-electron chi connectivity index (χ1n) is 11.0. The zero-order valence-electron chi connectivity index (χ0n) is 18.9. The van der Waals surface area contributed by atoms with Gasteiger partial charge in [-0.15, -0.1) is 0 Å². The Kier molecular flexibility index (Phi) is 8.47. The highest BCUT2D eigenvalue weighted by atomic mass is 35.5. The van der Waals surface area contributed by atoms with Gasteiger partial charge in [0.15, 0.2) is 0 Å². The second-order valence-corrected chi connectivity index (χ2v) is 8.68. The van der Waals surface area contributed by atoms with Crippen LogP contribution in [0.1, 0.15) is 48.5 Å². The van der Waals surface area contributed by atoms with E-state index in [1.165, 1.54) is 6.20 Å². The van der Waals surface area contributed by atoms with Crippen molar-refractivity contribution in [2.45, 2.75) is 51.1 Å². The van der Waals surface area contributed by atoms with Crippen molar-refractivity contribution in [2.24, 2.45) is 0 Å². The highest BCUT2D eigenvalue weighted by Gasteiger charge is 2.25. The molecule has 0 spiro atoms. The predicted molar refractivity (Wildman–Crippen MR) is 126 cm³/mol. The van der Waals surface area contributed by atoms with Gasteiger partial charge in [0.1, 0.15) is 11.6 Å². The zero-order chi connectivity index (χ0) is 23.1. The zero-order valence-corrected chi connectivity index (χ0v) is 19.6. The molecule has 1 aromatic carbocycles. The van der Waals surface area contributed by atoms with Crippen LogP contribution in [0.3, 0.4) is 0 Å². The molecule has 0 radical (unpaired) electrons. The van der Waals surface area contributed by atoms with Gasteiger partial charge in [-0.3, -0.25) is 9.59 Å². The van der Waals surface area contributed by atoms with E-state index >= 15 is 0 Å². The first-order valence-corrected chi connectivity index (χ1v) is 11.4. The minimum absolute atomic E-state index is 0.00337. The highest BCUT2D eigenvalue weighted by molar-refractivity contribution is 6.30. The Bertz CT molecular complexity index is 925. The van der Waals surface area contributed by atoms with Gasteiger partial charge in [-0.25, -0.2) is 4.98 Å². The van der Waals surface area contributed by atoms with Crippen molar-refractivity contribution < 1.29 is 14.3 Å². The summed E-state index contributed by atoms with van der Waals surface area (Å²) in [6.45, 7) is 2.31. The van der Waals surface area contributed by atoms with Gasteiger partial charge in [0.05, 0.1) is 18.1 Å². The van der Waals surface area contributed by atoms with E-state index in [4.69, 9.17) is 16.3 Å². The van der Waals surface area contributed by atoms with Crippen LogP contribution in [0.15, 0.2) is 36.5 Å². The lowest BCUT2D eigenvalue weighted by molar-refractivity contribution is -0.115. The topological polar surface area (TPSA) is 83.6 Å². The molecule has 32 heavy (non-hydrogen) atoms. The molecule has 1 fully saturated rings. The molecule has 0 unspecified atom stereocenters. The van der Waals surface area contributed by atoms with Crippen LogP contribution in [0.2, 0.25) is 5.02 Å². The molecule has 1 saturated carbocycles. The van der Waals surface area contributed by atoms with Crippen LogP contribution in [-0.2, 0) is 11.2 Å². The third kappa shape index (κ3) is 6.43. The third-order valence-electron chi connectivity index (χ3n) is 5.77. The van der Waals surface area contributed by atoms with E-state index in [1.807, 2.05) is 6.92 Å². The molecule has 1 aliphatic rings. The van der Waals surface area contributed by atoms with E-state index in [9.17, 15) is 9.59 Å². The number of nitrogens with one attached hydrogen (secondary N) is 2. The molecule has 2 aromatic rings. The average molecular weight is 459 g/mol. The number of carbonyl (C=O) groups is 2. The number of benzene rings is 1. The maximum Gasteiger partial charge on any atom is 0.251 e. The van der Waals surface area contributed by atoms with Gasteiger partial charge in [0.25, 0.3) is 5.91 Å². The summed E-state index contributed by atoms with van der Waals surface area (Å²) in [6, 6.07) is 9.29. The van der Waals surface area contributed by atoms with Gasteiger partial charge in [-0.05, 0) is 71.0 Å². The molecule has 0 saturated heterocycles. The normalized spacial score (nSPS) is 18.3. The van der Waals surface area contributed by atoms with Crippen molar-refractivity contribution in [3.8, 4) is 5.75 Å². The quantitative estimate of drug-likeness (QED) is 0.626. The Hall–Kier alpha value is -2.64. The van der Waals surface area contributed by atoms with Gasteiger partial charge >= 0.3 is 0 Å². The molecule has 3 rings (SSSR count). The number of halogens is 1. The maximum atomic E-state index is 13.1. The van der Waals surface area contributed by atoms with E-state index in [0.29, 0.717) is 40.4 Å². The number of rotatable bonds is 8. The fourth-order valence-corrected chi connectivity index (χ4v) is 4.16. The van der Waals surface area contributed by atoms with Gasteiger partial charge < -0.3 is 20.3 Å². The summed E-state index contributed by atoms with van der Waals surface area (Å²) in [5.41, 5.74) is 1.03. The lowest BCUT2D eigenvalue weighted by Gasteiger charge is -2.33. The molecular formula is C24H31ClN4O3. The summed E-state index contributed by atoms with van der Waals surface area (Å²) < 4.78 is 5.73. The Morgan fingerprint density at radius 1 is 1.16 bits per heavy atom. The van der Waals surface area contributed by atoms with E-state index in [1.54, 1.807) is 30.3 Å². The summed E-state index contributed by atoms with van der Waals surface area (Å²) in [5, 5.41) is 6.40. The summed E-state index contributed by atoms with van der Waals surface area (Å²) in [5.74, 6) is 0.479. The fraction of sp³-hybridized carbons (Fsp3) is 0.458.